The molecule has 1 amide bonds. The molecule has 1 aromatic heterocycles. The van der Waals surface area contributed by atoms with Crippen molar-refractivity contribution in [3.63, 3.8) is 0 Å². The van der Waals surface area contributed by atoms with Crippen molar-refractivity contribution in [2.45, 2.75) is 37.1 Å². The first-order valence-corrected chi connectivity index (χ1v) is 6.12. The molecule has 0 aromatic carbocycles. The molecule has 2 atom stereocenters. The van der Waals surface area contributed by atoms with Crippen LogP contribution in [0.4, 0.5) is 0 Å². The summed E-state index contributed by atoms with van der Waals surface area (Å²) in [6, 6.07) is 2.53. The molecule has 2 heterocycles. The van der Waals surface area contributed by atoms with Gasteiger partial charge in [0, 0.05) is 18.8 Å². The SMILES string of the molecule is O=C(N1CCC2CC21)C1(c2ccn[nH]2)CC1. The van der Waals surface area contributed by atoms with Crippen LogP contribution in [0.2, 0.25) is 0 Å². The number of rotatable bonds is 2. The first kappa shape index (κ1) is 8.79. The molecule has 0 spiro atoms. The lowest BCUT2D eigenvalue weighted by atomic mass is 10.0. The number of aromatic nitrogens is 2. The largest absolute Gasteiger partial charge is 0.339 e. The minimum atomic E-state index is -0.228. The van der Waals surface area contributed by atoms with E-state index in [9.17, 15) is 4.79 Å². The van der Waals surface area contributed by atoms with E-state index in [0.717, 1.165) is 31.0 Å². The molecule has 1 aromatic rings. The van der Waals surface area contributed by atoms with Gasteiger partial charge in [-0.05, 0) is 37.7 Å². The summed E-state index contributed by atoms with van der Waals surface area (Å²) in [6.07, 6.45) is 6.18. The number of hydrogen-bond donors (Lipinski definition) is 1. The lowest BCUT2D eigenvalue weighted by Gasteiger charge is -2.23. The highest BCUT2D eigenvalue weighted by atomic mass is 16.2. The van der Waals surface area contributed by atoms with E-state index in [-0.39, 0.29) is 5.41 Å². The molecule has 1 saturated heterocycles. The number of H-pyrrole nitrogens is 1. The lowest BCUT2D eigenvalue weighted by Crippen LogP contribution is -2.39. The van der Waals surface area contributed by atoms with Crippen molar-refractivity contribution in [3.05, 3.63) is 18.0 Å². The molecule has 2 saturated carbocycles. The maximum Gasteiger partial charge on any atom is 0.235 e. The summed E-state index contributed by atoms with van der Waals surface area (Å²) in [7, 11) is 0. The van der Waals surface area contributed by atoms with E-state index in [1.54, 1.807) is 6.20 Å². The summed E-state index contributed by atoms with van der Waals surface area (Å²) in [6.45, 7) is 0.976. The standard InChI is InChI=1S/C12H15N3O/c16-11(15-6-2-8-7-9(8)15)12(3-4-12)10-1-5-13-14-10/h1,5,8-9H,2-4,6-7H2,(H,13,14). The Labute approximate surface area is 94.0 Å². The van der Waals surface area contributed by atoms with Gasteiger partial charge in [0.2, 0.25) is 5.91 Å². The van der Waals surface area contributed by atoms with Gasteiger partial charge < -0.3 is 4.90 Å². The molecule has 2 aliphatic carbocycles. The fraction of sp³-hybridized carbons (Fsp3) is 0.667. The van der Waals surface area contributed by atoms with E-state index in [1.165, 1.54) is 12.8 Å². The number of nitrogens with zero attached hydrogens (tertiary/aromatic N) is 2. The van der Waals surface area contributed by atoms with Crippen LogP contribution in [0.1, 0.15) is 31.4 Å². The fourth-order valence-electron chi connectivity index (χ4n) is 3.17. The number of carbonyl (C=O) groups is 1. The second kappa shape index (κ2) is 2.67. The third-order valence-corrected chi connectivity index (χ3v) is 4.46. The summed E-state index contributed by atoms with van der Waals surface area (Å²) in [5.74, 6) is 1.17. The zero-order valence-corrected chi connectivity index (χ0v) is 9.15. The van der Waals surface area contributed by atoms with Crippen LogP contribution >= 0.6 is 0 Å². The van der Waals surface area contributed by atoms with Gasteiger partial charge in [0.25, 0.3) is 0 Å². The topological polar surface area (TPSA) is 49.0 Å². The van der Waals surface area contributed by atoms with Crippen LogP contribution < -0.4 is 0 Å². The van der Waals surface area contributed by atoms with Crippen molar-refractivity contribution >= 4 is 5.91 Å². The number of carbonyl (C=O) groups excluding carboxylic acids is 1. The van der Waals surface area contributed by atoms with Gasteiger partial charge in [-0.1, -0.05) is 0 Å². The zero-order valence-electron chi connectivity index (χ0n) is 9.15. The Kier molecular flexibility index (Phi) is 1.47. The van der Waals surface area contributed by atoms with Crippen LogP contribution in [0.25, 0.3) is 0 Å². The van der Waals surface area contributed by atoms with Crippen molar-refractivity contribution in [1.29, 1.82) is 0 Å². The van der Waals surface area contributed by atoms with Gasteiger partial charge in [-0.15, -0.1) is 0 Å². The highest BCUT2D eigenvalue weighted by molar-refractivity contribution is 5.91. The predicted molar refractivity (Wildman–Crippen MR) is 57.7 cm³/mol. The summed E-state index contributed by atoms with van der Waals surface area (Å²) in [5.41, 5.74) is 0.787. The Morgan fingerprint density at radius 1 is 1.56 bits per heavy atom. The number of piperidine rings is 1. The minimum absolute atomic E-state index is 0.228. The molecule has 0 bridgehead atoms. The fourth-order valence-corrected chi connectivity index (χ4v) is 3.17. The minimum Gasteiger partial charge on any atom is -0.339 e. The van der Waals surface area contributed by atoms with E-state index in [1.807, 2.05) is 6.07 Å². The molecule has 4 nitrogen and oxygen atoms in total. The Bertz CT molecular complexity index is 435. The maximum absolute atomic E-state index is 12.5. The molecule has 3 fully saturated rings. The monoisotopic (exact) mass is 217 g/mol. The smallest absolute Gasteiger partial charge is 0.235 e. The Morgan fingerprint density at radius 2 is 2.44 bits per heavy atom. The van der Waals surface area contributed by atoms with Crippen molar-refractivity contribution in [2.75, 3.05) is 6.54 Å². The van der Waals surface area contributed by atoms with E-state index in [2.05, 4.69) is 15.1 Å². The van der Waals surface area contributed by atoms with Crippen LogP contribution in [-0.2, 0) is 10.2 Å². The van der Waals surface area contributed by atoms with Gasteiger partial charge in [-0.25, -0.2) is 0 Å². The number of hydrogen-bond acceptors (Lipinski definition) is 2. The van der Waals surface area contributed by atoms with Crippen LogP contribution in [-0.4, -0.2) is 33.6 Å². The molecule has 0 radical (unpaired) electrons. The first-order valence-electron chi connectivity index (χ1n) is 6.12. The summed E-state index contributed by atoms with van der Waals surface area (Å²) in [4.78, 5) is 14.7. The predicted octanol–water partition coefficient (Wildman–Crippen LogP) is 1.06. The first-order chi connectivity index (χ1) is 7.81. The van der Waals surface area contributed by atoms with Crippen LogP contribution in [0, 0.1) is 5.92 Å². The molecule has 16 heavy (non-hydrogen) atoms. The lowest BCUT2D eigenvalue weighted by molar-refractivity contribution is -0.133. The number of fused-ring (bicyclic) bond motifs is 1. The number of aromatic amines is 1. The molecule has 84 valence electrons. The average Bonchev–Trinajstić information content (AvgIpc) is 3.17. The van der Waals surface area contributed by atoms with E-state index in [4.69, 9.17) is 0 Å². The summed E-state index contributed by atoms with van der Waals surface area (Å²) in [5, 5.41) is 6.95. The number of nitrogens with one attached hydrogen (secondary N) is 1. The Hall–Kier alpha value is -1.32. The van der Waals surface area contributed by atoms with Crippen LogP contribution in [0.5, 0.6) is 0 Å². The van der Waals surface area contributed by atoms with Crippen molar-refractivity contribution in [3.8, 4) is 0 Å². The summed E-state index contributed by atoms with van der Waals surface area (Å²) < 4.78 is 0. The van der Waals surface area contributed by atoms with Crippen molar-refractivity contribution in [2.24, 2.45) is 5.92 Å². The van der Waals surface area contributed by atoms with Gasteiger partial charge in [-0.2, -0.15) is 5.10 Å². The normalized spacial score (nSPS) is 33.6. The molecule has 4 rings (SSSR count). The highest BCUT2D eigenvalue weighted by Gasteiger charge is 2.59. The quantitative estimate of drug-likeness (QED) is 0.805. The van der Waals surface area contributed by atoms with E-state index >= 15 is 0 Å². The van der Waals surface area contributed by atoms with Gasteiger partial charge in [0.15, 0.2) is 0 Å². The van der Waals surface area contributed by atoms with Crippen molar-refractivity contribution in [1.82, 2.24) is 15.1 Å². The van der Waals surface area contributed by atoms with Crippen LogP contribution in [0.3, 0.4) is 0 Å². The summed E-state index contributed by atoms with van der Waals surface area (Å²) >= 11 is 0. The second-order valence-corrected chi connectivity index (χ2v) is 5.40. The van der Waals surface area contributed by atoms with Gasteiger partial charge >= 0.3 is 0 Å². The number of amides is 1. The molecular weight excluding hydrogens is 202 g/mol. The molecule has 1 aliphatic heterocycles. The Balaban J connectivity index is 1.63. The third-order valence-electron chi connectivity index (χ3n) is 4.46. The average molecular weight is 217 g/mol. The van der Waals surface area contributed by atoms with Gasteiger partial charge in [0.05, 0.1) is 11.1 Å². The van der Waals surface area contributed by atoms with Gasteiger partial charge in [0.1, 0.15) is 0 Å². The van der Waals surface area contributed by atoms with Crippen molar-refractivity contribution < 1.29 is 4.79 Å². The number of likely N-dealkylation sites (tertiary alicyclic amines) is 1. The van der Waals surface area contributed by atoms with E-state index in [0.29, 0.717) is 11.9 Å². The van der Waals surface area contributed by atoms with Gasteiger partial charge in [-0.3, -0.25) is 9.89 Å². The second-order valence-electron chi connectivity index (χ2n) is 5.40. The Morgan fingerprint density at radius 3 is 2.94 bits per heavy atom. The molecule has 2 unspecified atom stereocenters. The highest BCUT2D eigenvalue weighted by Crippen LogP contribution is 2.53. The zero-order chi connectivity index (χ0) is 10.8. The third kappa shape index (κ3) is 0.996. The molecule has 1 N–H and O–H groups in total. The van der Waals surface area contributed by atoms with Crippen LogP contribution in [0.15, 0.2) is 12.3 Å². The molecule has 4 heteroatoms. The molecule has 3 aliphatic rings. The maximum atomic E-state index is 12.5. The molecular formula is C12H15N3O. The van der Waals surface area contributed by atoms with E-state index < -0.39 is 0 Å².